The molecule has 1 aromatic heterocycles. The molecule has 0 fully saturated rings. The Kier molecular flexibility index (Phi) is 4.19. The lowest BCUT2D eigenvalue weighted by atomic mass is 10.3. The molecular formula is C10H16N4O2. The maximum Gasteiger partial charge on any atom is 0.354 e. The van der Waals surface area contributed by atoms with Crippen LogP contribution in [-0.2, 0) is 0 Å². The highest BCUT2D eigenvalue weighted by atomic mass is 16.4. The number of carboxylic acid groups (broad SMARTS) is 1. The average Bonchev–Trinajstić information content (AvgIpc) is 2.16. The first-order valence-electron chi connectivity index (χ1n) is 4.96. The molecule has 0 aliphatic carbocycles. The third kappa shape index (κ3) is 3.82. The van der Waals surface area contributed by atoms with Crippen molar-refractivity contribution in [1.29, 1.82) is 0 Å². The van der Waals surface area contributed by atoms with Gasteiger partial charge in [0.2, 0.25) is 0 Å². The molecule has 1 heterocycles. The molecule has 6 heteroatoms. The summed E-state index contributed by atoms with van der Waals surface area (Å²) < 4.78 is 0. The van der Waals surface area contributed by atoms with Gasteiger partial charge in [-0.25, -0.2) is 14.8 Å². The molecule has 0 radical (unpaired) electrons. The summed E-state index contributed by atoms with van der Waals surface area (Å²) in [4.78, 5) is 20.7. The van der Waals surface area contributed by atoms with Crippen molar-refractivity contribution >= 4 is 11.8 Å². The molecule has 0 bridgehead atoms. The van der Waals surface area contributed by atoms with Gasteiger partial charge in [0.05, 0.1) is 0 Å². The molecule has 0 saturated carbocycles. The molecule has 1 aromatic rings. The summed E-state index contributed by atoms with van der Waals surface area (Å²) in [5.74, 6) is -0.0415. The van der Waals surface area contributed by atoms with Gasteiger partial charge >= 0.3 is 5.97 Å². The number of nitrogens with zero attached hydrogens (tertiary/aromatic N) is 3. The molecule has 0 saturated heterocycles. The molecule has 0 atom stereocenters. The van der Waals surface area contributed by atoms with Gasteiger partial charge in [0.15, 0.2) is 5.69 Å². The van der Waals surface area contributed by atoms with Crippen LogP contribution < -0.4 is 5.32 Å². The van der Waals surface area contributed by atoms with Crippen molar-refractivity contribution in [2.24, 2.45) is 0 Å². The van der Waals surface area contributed by atoms with Crippen LogP contribution in [0.15, 0.2) is 6.07 Å². The molecular weight excluding hydrogens is 208 g/mol. The lowest BCUT2D eigenvalue weighted by Gasteiger charge is -2.11. The molecule has 1 rings (SSSR count). The summed E-state index contributed by atoms with van der Waals surface area (Å²) in [5.41, 5.74) is 0.0138. The number of carboxylic acids is 1. The zero-order valence-corrected chi connectivity index (χ0v) is 9.69. The van der Waals surface area contributed by atoms with Gasteiger partial charge in [-0.05, 0) is 21.0 Å². The minimum Gasteiger partial charge on any atom is -0.477 e. The second kappa shape index (κ2) is 5.41. The van der Waals surface area contributed by atoms with Crippen LogP contribution in [0.2, 0.25) is 0 Å². The monoisotopic (exact) mass is 224 g/mol. The molecule has 2 N–H and O–H groups in total. The highest BCUT2D eigenvalue weighted by Crippen LogP contribution is 2.06. The van der Waals surface area contributed by atoms with Crippen LogP contribution in [0.3, 0.4) is 0 Å². The van der Waals surface area contributed by atoms with Gasteiger partial charge in [-0.1, -0.05) is 0 Å². The fourth-order valence-electron chi connectivity index (χ4n) is 1.18. The minimum absolute atomic E-state index is 0.0138. The van der Waals surface area contributed by atoms with Crippen LogP contribution >= 0.6 is 0 Å². The number of aromatic nitrogens is 2. The van der Waals surface area contributed by atoms with E-state index in [1.54, 1.807) is 6.92 Å². The minimum atomic E-state index is -1.04. The fourth-order valence-corrected chi connectivity index (χ4v) is 1.18. The molecule has 0 amide bonds. The number of anilines is 1. The van der Waals surface area contributed by atoms with E-state index in [2.05, 4.69) is 15.3 Å². The maximum atomic E-state index is 10.8. The van der Waals surface area contributed by atoms with Gasteiger partial charge in [-0.15, -0.1) is 0 Å². The van der Waals surface area contributed by atoms with Crippen LogP contribution in [0.25, 0.3) is 0 Å². The molecule has 0 spiro atoms. The zero-order chi connectivity index (χ0) is 12.1. The molecule has 16 heavy (non-hydrogen) atoms. The summed E-state index contributed by atoms with van der Waals surface area (Å²) in [5, 5.41) is 11.9. The Morgan fingerprint density at radius 3 is 2.75 bits per heavy atom. The maximum absolute atomic E-state index is 10.8. The SMILES string of the molecule is Cc1nc(NCCN(C)C)cc(C(=O)O)n1. The van der Waals surface area contributed by atoms with Gasteiger partial charge in [0, 0.05) is 19.2 Å². The van der Waals surface area contributed by atoms with Gasteiger partial charge in [-0.3, -0.25) is 0 Å². The lowest BCUT2D eigenvalue weighted by molar-refractivity contribution is 0.0690. The van der Waals surface area contributed by atoms with Crippen molar-refractivity contribution in [3.8, 4) is 0 Å². The van der Waals surface area contributed by atoms with Gasteiger partial charge < -0.3 is 15.3 Å². The first-order chi connectivity index (χ1) is 7.49. The number of carbonyl (C=O) groups is 1. The Hall–Kier alpha value is -1.69. The Morgan fingerprint density at radius 1 is 1.50 bits per heavy atom. The summed E-state index contributed by atoms with van der Waals surface area (Å²) in [6.45, 7) is 3.23. The Morgan fingerprint density at radius 2 is 2.19 bits per heavy atom. The number of hydrogen-bond donors (Lipinski definition) is 2. The quantitative estimate of drug-likeness (QED) is 0.756. The van der Waals surface area contributed by atoms with Crippen molar-refractivity contribution in [1.82, 2.24) is 14.9 Å². The number of aryl methyl sites for hydroxylation is 1. The van der Waals surface area contributed by atoms with E-state index >= 15 is 0 Å². The Bertz CT molecular complexity index is 379. The van der Waals surface area contributed by atoms with E-state index in [-0.39, 0.29) is 5.69 Å². The van der Waals surface area contributed by atoms with Crippen molar-refractivity contribution in [2.75, 3.05) is 32.5 Å². The van der Waals surface area contributed by atoms with E-state index < -0.39 is 5.97 Å². The summed E-state index contributed by atoms with van der Waals surface area (Å²) >= 11 is 0. The van der Waals surface area contributed by atoms with Crippen molar-refractivity contribution in [2.45, 2.75) is 6.92 Å². The topological polar surface area (TPSA) is 78.4 Å². The first kappa shape index (κ1) is 12.4. The summed E-state index contributed by atoms with van der Waals surface area (Å²) in [6.07, 6.45) is 0. The molecule has 88 valence electrons. The van der Waals surface area contributed by atoms with Crippen LogP contribution in [0.1, 0.15) is 16.3 Å². The lowest BCUT2D eigenvalue weighted by Crippen LogP contribution is -2.21. The summed E-state index contributed by atoms with van der Waals surface area (Å²) in [6, 6.07) is 1.44. The van der Waals surface area contributed by atoms with Gasteiger partial charge in [-0.2, -0.15) is 0 Å². The third-order valence-corrected chi connectivity index (χ3v) is 1.92. The molecule has 0 unspecified atom stereocenters. The number of rotatable bonds is 5. The van der Waals surface area contributed by atoms with Crippen LogP contribution in [-0.4, -0.2) is 53.1 Å². The fraction of sp³-hybridized carbons (Fsp3) is 0.500. The van der Waals surface area contributed by atoms with E-state index in [4.69, 9.17) is 5.11 Å². The van der Waals surface area contributed by atoms with Crippen molar-refractivity contribution in [3.05, 3.63) is 17.6 Å². The highest BCUT2D eigenvalue weighted by molar-refractivity contribution is 5.86. The van der Waals surface area contributed by atoms with E-state index in [0.717, 1.165) is 6.54 Å². The van der Waals surface area contributed by atoms with Gasteiger partial charge in [0.1, 0.15) is 11.6 Å². The van der Waals surface area contributed by atoms with E-state index in [1.165, 1.54) is 6.07 Å². The predicted octanol–water partition coefficient (Wildman–Crippen LogP) is 0.457. The second-order valence-electron chi connectivity index (χ2n) is 3.72. The average molecular weight is 224 g/mol. The van der Waals surface area contributed by atoms with Crippen LogP contribution in [0.4, 0.5) is 5.82 Å². The smallest absolute Gasteiger partial charge is 0.354 e. The number of hydrogen-bond acceptors (Lipinski definition) is 5. The molecule has 0 aliphatic heterocycles. The number of aromatic carboxylic acids is 1. The predicted molar refractivity (Wildman–Crippen MR) is 60.8 cm³/mol. The van der Waals surface area contributed by atoms with Crippen LogP contribution in [0.5, 0.6) is 0 Å². The normalized spacial score (nSPS) is 10.5. The van der Waals surface area contributed by atoms with E-state index in [1.807, 2.05) is 19.0 Å². The number of likely N-dealkylation sites (N-methyl/N-ethyl adjacent to an activating group) is 1. The highest BCUT2D eigenvalue weighted by Gasteiger charge is 2.07. The van der Waals surface area contributed by atoms with Crippen molar-refractivity contribution in [3.63, 3.8) is 0 Å². The molecule has 0 aromatic carbocycles. The Balaban J connectivity index is 2.69. The van der Waals surface area contributed by atoms with Crippen LogP contribution in [0, 0.1) is 6.92 Å². The van der Waals surface area contributed by atoms with Gasteiger partial charge in [0.25, 0.3) is 0 Å². The first-order valence-corrected chi connectivity index (χ1v) is 4.96. The standard InChI is InChI=1S/C10H16N4O2/c1-7-12-8(10(15)16)6-9(13-7)11-4-5-14(2)3/h6H,4-5H2,1-3H3,(H,15,16)(H,11,12,13). The van der Waals surface area contributed by atoms with E-state index in [9.17, 15) is 4.79 Å². The number of nitrogens with one attached hydrogen (secondary N) is 1. The Labute approximate surface area is 94.3 Å². The van der Waals surface area contributed by atoms with E-state index in [0.29, 0.717) is 18.2 Å². The zero-order valence-electron chi connectivity index (χ0n) is 9.69. The molecule has 6 nitrogen and oxygen atoms in total. The summed E-state index contributed by atoms with van der Waals surface area (Å²) in [7, 11) is 3.94. The van der Waals surface area contributed by atoms with Crippen molar-refractivity contribution < 1.29 is 9.90 Å². The molecule has 0 aliphatic rings. The second-order valence-corrected chi connectivity index (χ2v) is 3.72. The largest absolute Gasteiger partial charge is 0.477 e. The third-order valence-electron chi connectivity index (χ3n) is 1.92.